The van der Waals surface area contributed by atoms with Crippen molar-refractivity contribution < 1.29 is 18.0 Å². The average molecular weight is 243 g/mol. The van der Waals surface area contributed by atoms with Crippen LogP contribution in [-0.2, 0) is 4.79 Å². The Bertz CT molecular complexity index is 442. The number of amides is 1. The van der Waals surface area contributed by atoms with Crippen LogP contribution in [0.25, 0.3) is 0 Å². The van der Waals surface area contributed by atoms with Crippen molar-refractivity contribution in [3.63, 3.8) is 0 Å². The Morgan fingerprint density at radius 3 is 2.65 bits per heavy atom. The second kappa shape index (κ2) is 4.05. The summed E-state index contributed by atoms with van der Waals surface area (Å²) in [5.74, 6) is -0.489. The molecule has 1 heterocycles. The number of fused-ring (bicyclic) bond motifs is 1. The van der Waals surface area contributed by atoms with E-state index in [1.807, 2.05) is 6.92 Å². The highest BCUT2D eigenvalue weighted by molar-refractivity contribution is 5.97. The van der Waals surface area contributed by atoms with Crippen LogP contribution >= 0.6 is 0 Å². The van der Waals surface area contributed by atoms with Gasteiger partial charge >= 0.3 is 6.18 Å². The second-order valence-corrected chi connectivity index (χ2v) is 4.26. The Kier molecular flexibility index (Phi) is 2.85. The molecule has 0 radical (unpaired) electrons. The quantitative estimate of drug-likeness (QED) is 0.742. The van der Waals surface area contributed by atoms with E-state index in [1.165, 1.54) is 0 Å². The third-order valence-electron chi connectivity index (χ3n) is 2.88. The van der Waals surface area contributed by atoms with Crippen LogP contribution in [0.4, 0.5) is 18.9 Å². The Morgan fingerprint density at radius 2 is 2.00 bits per heavy atom. The number of rotatable bonds is 1. The molecule has 1 aromatic carbocycles. The van der Waals surface area contributed by atoms with Crippen LogP contribution in [0.2, 0.25) is 0 Å². The number of halogens is 3. The minimum atomic E-state index is -4.37. The normalized spacial score (nSPS) is 20.4. The second-order valence-electron chi connectivity index (χ2n) is 4.26. The summed E-state index contributed by atoms with van der Waals surface area (Å²) in [5.41, 5.74) is 1.19. The standard InChI is InChI=1S/C12H12F3NO/c1-8-6-11(17)16(7-12(13,14)15)10-5-3-2-4-9(8)10/h2-5,8H,6-7H2,1H3. The molecule has 5 heteroatoms. The lowest BCUT2D eigenvalue weighted by molar-refractivity contribution is -0.133. The predicted molar refractivity (Wildman–Crippen MR) is 57.9 cm³/mol. The van der Waals surface area contributed by atoms with Gasteiger partial charge in [-0.1, -0.05) is 25.1 Å². The maximum Gasteiger partial charge on any atom is 0.406 e. The molecule has 0 fully saturated rings. The van der Waals surface area contributed by atoms with E-state index in [9.17, 15) is 18.0 Å². The van der Waals surface area contributed by atoms with Gasteiger partial charge in [-0.2, -0.15) is 13.2 Å². The van der Waals surface area contributed by atoms with Gasteiger partial charge in [-0.05, 0) is 17.5 Å². The van der Waals surface area contributed by atoms with Crippen molar-refractivity contribution in [3.05, 3.63) is 29.8 Å². The van der Waals surface area contributed by atoms with Gasteiger partial charge in [0.1, 0.15) is 6.54 Å². The average Bonchev–Trinajstić information content (AvgIpc) is 2.23. The molecule has 17 heavy (non-hydrogen) atoms. The van der Waals surface area contributed by atoms with Crippen LogP contribution in [0.5, 0.6) is 0 Å². The minimum absolute atomic E-state index is 0.0248. The number of carbonyl (C=O) groups excluding carboxylic acids is 1. The molecule has 1 aliphatic heterocycles. The SMILES string of the molecule is CC1CC(=O)N(CC(F)(F)F)c2ccccc21. The zero-order valence-electron chi connectivity index (χ0n) is 9.29. The summed E-state index contributed by atoms with van der Waals surface area (Å²) in [7, 11) is 0. The molecule has 1 amide bonds. The predicted octanol–water partition coefficient (Wildman–Crippen LogP) is 3.09. The molecule has 2 nitrogen and oxygen atoms in total. The third-order valence-corrected chi connectivity index (χ3v) is 2.88. The molecule has 0 aliphatic carbocycles. The Balaban J connectivity index is 2.39. The van der Waals surface area contributed by atoms with Gasteiger partial charge in [-0.15, -0.1) is 0 Å². The number of anilines is 1. The van der Waals surface area contributed by atoms with Gasteiger partial charge in [-0.3, -0.25) is 4.79 Å². The summed E-state index contributed by atoms with van der Waals surface area (Å²) in [6.45, 7) is 0.636. The van der Waals surface area contributed by atoms with E-state index >= 15 is 0 Å². The molecular weight excluding hydrogens is 231 g/mol. The first-order valence-electron chi connectivity index (χ1n) is 5.34. The molecule has 0 N–H and O–H groups in total. The summed E-state index contributed by atoms with van der Waals surface area (Å²) in [6, 6.07) is 6.76. The smallest absolute Gasteiger partial charge is 0.303 e. The van der Waals surface area contributed by atoms with Gasteiger partial charge < -0.3 is 4.90 Å². The number of nitrogens with zero attached hydrogens (tertiary/aromatic N) is 1. The van der Waals surface area contributed by atoms with Crippen molar-refractivity contribution in [2.45, 2.75) is 25.4 Å². The first-order chi connectivity index (χ1) is 7.88. The van der Waals surface area contributed by atoms with Gasteiger partial charge in [0, 0.05) is 12.1 Å². The van der Waals surface area contributed by atoms with Crippen molar-refractivity contribution in [1.29, 1.82) is 0 Å². The van der Waals surface area contributed by atoms with Gasteiger partial charge in [0.2, 0.25) is 5.91 Å². The monoisotopic (exact) mass is 243 g/mol. The molecule has 0 bridgehead atoms. The number of hydrogen-bond acceptors (Lipinski definition) is 1. The molecular formula is C12H12F3NO. The highest BCUT2D eigenvalue weighted by Gasteiger charge is 2.37. The van der Waals surface area contributed by atoms with Crippen molar-refractivity contribution in [3.8, 4) is 0 Å². The summed E-state index contributed by atoms with van der Waals surface area (Å²) in [5, 5.41) is 0. The van der Waals surface area contributed by atoms with E-state index in [-0.39, 0.29) is 12.3 Å². The van der Waals surface area contributed by atoms with E-state index in [0.717, 1.165) is 10.5 Å². The Hall–Kier alpha value is -1.52. The molecule has 0 saturated heterocycles. The summed E-state index contributed by atoms with van der Waals surface area (Å²) in [4.78, 5) is 12.5. The van der Waals surface area contributed by atoms with E-state index < -0.39 is 18.6 Å². The number of alkyl halides is 3. The lowest BCUT2D eigenvalue weighted by Gasteiger charge is -2.33. The molecule has 1 aliphatic rings. The fourth-order valence-electron chi connectivity index (χ4n) is 2.12. The molecule has 0 spiro atoms. The van der Waals surface area contributed by atoms with Crippen LogP contribution in [0.3, 0.4) is 0 Å². The van der Waals surface area contributed by atoms with Crippen molar-refractivity contribution >= 4 is 11.6 Å². The topological polar surface area (TPSA) is 20.3 Å². The third kappa shape index (κ3) is 2.43. The summed E-state index contributed by atoms with van der Waals surface area (Å²) in [6.07, 6.45) is -4.24. The number of benzene rings is 1. The highest BCUT2D eigenvalue weighted by atomic mass is 19.4. The molecule has 92 valence electrons. The lowest BCUT2D eigenvalue weighted by atomic mass is 9.91. The zero-order chi connectivity index (χ0) is 12.6. The first kappa shape index (κ1) is 12.0. The van der Waals surface area contributed by atoms with E-state index in [2.05, 4.69) is 0 Å². The number of para-hydroxylation sites is 1. The highest BCUT2D eigenvalue weighted by Crippen LogP contribution is 2.36. The zero-order valence-corrected chi connectivity index (χ0v) is 9.29. The lowest BCUT2D eigenvalue weighted by Crippen LogP contribution is -2.42. The largest absolute Gasteiger partial charge is 0.406 e. The molecule has 1 unspecified atom stereocenters. The molecule has 0 aromatic heterocycles. The van der Waals surface area contributed by atoms with Gasteiger partial charge in [-0.25, -0.2) is 0 Å². The maximum atomic E-state index is 12.4. The van der Waals surface area contributed by atoms with Crippen molar-refractivity contribution in [2.24, 2.45) is 0 Å². The van der Waals surface area contributed by atoms with Gasteiger partial charge in [0.25, 0.3) is 0 Å². The van der Waals surface area contributed by atoms with Gasteiger partial charge in [0.15, 0.2) is 0 Å². The molecule has 0 saturated carbocycles. The van der Waals surface area contributed by atoms with Crippen LogP contribution in [-0.4, -0.2) is 18.6 Å². The fraction of sp³-hybridized carbons (Fsp3) is 0.417. The van der Waals surface area contributed by atoms with E-state index in [1.54, 1.807) is 24.3 Å². The van der Waals surface area contributed by atoms with Crippen molar-refractivity contribution in [1.82, 2.24) is 0 Å². The molecule has 2 rings (SSSR count). The molecule has 1 atom stereocenters. The van der Waals surface area contributed by atoms with Crippen LogP contribution in [0, 0.1) is 0 Å². The van der Waals surface area contributed by atoms with Crippen molar-refractivity contribution in [2.75, 3.05) is 11.4 Å². The van der Waals surface area contributed by atoms with Crippen LogP contribution in [0.15, 0.2) is 24.3 Å². The van der Waals surface area contributed by atoms with E-state index in [4.69, 9.17) is 0 Å². The fourth-order valence-corrected chi connectivity index (χ4v) is 2.12. The van der Waals surface area contributed by atoms with E-state index in [0.29, 0.717) is 5.69 Å². The number of hydrogen-bond donors (Lipinski definition) is 0. The minimum Gasteiger partial charge on any atom is -0.303 e. The Morgan fingerprint density at radius 1 is 1.35 bits per heavy atom. The Labute approximate surface area is 97.0 Å². The maximum absolute atomic E-state index is 12.4. The summed E-state index contributed by atoms with van der Waals surface area (Å²) < 4.78 is 37.2. The first-order valence-corrected chi connectivity index (χ1v) is 5.34. The molecule has 1 aromatic rings. The summed E-state index contributed by atoms with van der Waals surface area (Å²) >= 11 is 0. The van der Waals surface area contributed by atoms with Crippen LogP contribution in [0.1, 0.15) is 24.8 Å². The van der Waals surface area contributed by atoms with Crippen LogP contribution < -0.4 is 4.90 Å². The number of carbonyl (C=O) groups is 1. The van der Waals surface area contributed by atoms with Gasteiger partial charge in [0.05, 0.1) is 0 Å².